The molecule has 0 spiro atoms. The second-order valence-electron chi connectivity index (χ2n) is 4.70. The fourth-order valence-electron chi connectivity index (χ4n) is 2.10. The first-order valence-electron chi connectivity index (χ1n) is 6.80. The maximum absolute atomic E-state index is 13.7. The molecule has 0 saturated heterocycles. The van der Waals surface area contributed by atoms with E-state index in [9.17, 15) is 9.50 Å². The number of aliphatic hydroxyl groups excluding tert-OH is 1. The van der Waals surface area contributed by atoms with Gasteiger partial charge in [-0.1, -0.05) is 26.3 Å². The molecule has 1 unspecified atom stereocenters. The average molecular weight is 253 g/mol. The van der Waals surface area contributed by atoms with Crippen LogP contribution in [0.4, 0.5) is 10.1 Å². The molecule has 3 heteroatoms. The van der Waals surface area contributed by atoms with E-state index in [0.29, 0.717) is 11.6 Å². The Hall–Kier alpha value is -1.09. The zero-order valence-corrected chi connectivity index (χ0v) is 11.6. The summed E-state index contributed by atoms with van der Waals surface area (Å²) in [7, 11) is 0. The van der Waals surface area contributed by atoms with Crippen molar-refractivity contribution in [1.82, 2.24) is 0 Å². The lowest BCUT2D eigenvalue weighted by atomic mass is 10.1. The summed E-state index contributed by atoms with van der Waals surface area (Å²) in [5.74, 6) is -0.320. The number of hydrogen-bond donors (Lipinski definition) is 1. The van der Waals surface area contributed by atoms with Crippen LogP contribution in [0.2, 0.25) is 0 Å². The second kappa shape index (κ2) is 7.37. The van der Waals surface area contributed by atoms with Gasteiger partial charge in [-0.2, -0.15) is 0 Å². The number of halogens is 1. The Balaban J connectivity index is 3.07. The topological polar surface area (TPSA) is 23.5 Å². The summed E-state index contributed by atoms with van der Waals surface area (Å²) in [5.41, 5.74) is 1.24. The first-order chi connectivity index (χ1) is 8.65. The first-order valence-corrected chi connectivity index (χ1v) is 6.80. The van der Waals surface area contributed by atoms with Gasteiger partial charge in [0, 0.05) is 23.8 Å². The molecule has 1 N–H and O–H groups in total. The lowest BCUT2D eigenvalue weighted by Gasteiger charge is -2.32. The maximum Gasteiger partial charge on any atom is 0.130 e. The van der Waals surface area contributed by atoms with Gasteiger partial charge in [0.15, 0.2) is 0 Å². The largest absolute Gasteiger partial charge is 0.391 e. The van der Waals surface area contributed by atoms with E-state index in [4.69, 9.17) is 0 Å². The Morgan fingerprint density at radius 2 is 2.06 bits per heavy atom. The normalized spacial score (nSPS) is 12.5. The van der Waals surface area contributed by atoms with Crippen LogP contribution in [0.15, 0.2) is 18.2 Å². The molecule has 2 nitrogen and oxygen atoms in total. The molecule has 0 heterocycles. The van der Waals surface area contributed by atoms with Gasteiger partial charge >= 0.3 is 0 Å². The van der Waals surface area contributed by atoms with Gasteiger partial charge in [-0.05, 0) is 31.9 Å². The zero-order chi connectivity index (χ0) is 13.5. The zero-order valence-electron chi connectivity index (χ0n) is 11.6. The molecule has 1 atom stereocenters. The molecule has 1 rings (SSSR count). The lowest BCUT2D eigenvalue weighted by Crippen LogP contribution is -2.34. The quantitative estimate of drug-likeness (QED) is 0.800. The third-order valence-corrected chi connectivity index (χ3v) is 3.44. The molecule has 0 amide bonds. The second-order valence-corrected chi connectivity index (χ2v) is 4.70. The van der Waals surface area contributed by atoms with E-state index in [-0.39, 0.29) is 12.4 Å². The monoisotopic (exact) mass is 253 g/mol. The molecule has 0 aromatic heterocycles. The van der Waals surface area contributed by atoms with Gasteiger partial charge in [-0.25, -0.2) is 4.39 Å². The van der Waals surface area contributed by atoms with E-state index in [1.54, 1.807) is 6.07 Å². The number of unbranched alkanes of at least 4 members (excludes halogenated alkanes) is 1. The van der Waals surface area contributed by atoms with Crippen LogP contribution in [0.25, 0.3) is 0 Å². The summed E-state index contributed by atoms with van der Waals surface area (Å²) in [6, 6.07) is 5.37. The van der Waals surface area contributed by atoms with Crippen molar-refractivity contribution in [3.05, 3.63) is 29.6 Å². The van der Waals surface area contributed by atoms with Crippen molar-refractivity contribution in [3.8, 4) is 0 Å². The number of rotatable bonds is 7. The predicted molar refractivity (Wildman–Crippen MR) is 74.3 cm³/mol. The van der Waals surface area contributed by atoms with Gasteiger partial charge in [0.2, 0.25) is 0 Å². The van der Waals surface area contributed by atoms with Gasteiger partial charge < -0.3 is 10.0 Å². The molecule has 0 aliphatic carbocycles. The molecule has 0 saturated carbocycles. The summed E-state index contributed by atoms with van der Waals surface area (Å²) in [5, 5.41) is 9.36. The molecule has 1 aromatic rings. The van der Waals surface area contributed by atoms with Crippen molar-refractivity contribution < 1.29 is 9.50 Å². The van der Waals surface area contributed by atoms with Gasteiger partial charge in [-0.3, -0.25) is 0 Å². The van der Waals surface area contributed by atoms with Crippen LogP contribution in [-0.4, -0.2) is 17.7 Å². The highest BCUT2D eigenvalue weighted by atomic mass is 19.1. The fourth-order valence-corrected chi connectivity index (χ4v) is 2.10. The number of nitrogens with zero attached hydrogens (tertiary/aromatic N) is 1. The van der Waals surface area contributed by atoms with Gasteiger partial charge in [0.1, 0.15) is 5.82 Å². The third-order valence-electron chi connectivity index (χ3n) is 3.44. The highest BCUT2D eigenvalue weighted by Gasteiger charge is 2.17. The molecule has 102 valence electrons. The van der Waals surface area contributed by atoms with E-state index in [1.165, 1.54) is 6.07 Å². The maximum atomic E-state index is 13.7. The average Bonchev–Trinajstić information content (AvgIpc) is 2.39. The van der Waals surface area contributed by atoms with Crippen molar-refractivity contribution >= 4 is 5.69 Å². The van der Waals surface area contributed by atoms with E-state index in [1.807, 2.05) is 6.07 Å². The summed E-state index contributed by atoms with van der Waals surface area (Å²) in [6.45, 7) is 7.07. The molecular formula is C15H24FNO. The van der Waals surface area contributed by atoms with Gasteiger partial charge in [0.25, 0.3) is 0 Å². The highest BCUT2D eigenvalue weighted by molar-refractivity contribution is 5.54. The van der Waals surface area contributed by atoms with E-state index < -0.39 is 0 Å². The highest BCUT2D eigenvalue weighted by Crippen LogP contribution is 2.26. The van der Waals surface area contributed by atoms with Crippen molar-refractivity contribution in [3.63, 3.8) is 0 Å². The smallest absolute Gasteiger partial charge is 0.130 e. The SMILES string of the molecule is CCCCN(c1cccc(F)c1CO)C(C)CC. The van der Waals surface area contributed by atoms with Crippen molar-refractivity contribution in [2.75, 3.05) is 11.4 Å². The number of benzene rings is 1. The Morgan fingerprint density at radius 3 is 2.61 bits per heavy atom. The summed E-state index contributed by atoms with van der Waals surface area (Å²) in [4.78, 5) is 2.21. The molecule has 0 radical (unpaired) electrons. The third kappa shape index (κ3) is 3.45. The standard InChI is InChI=1S/C15H24FNO/c1-4-6-10-17(12(3)5-2)15-9-7-8-14(16)13(15)11-18/h7-9,12,18H,4-6,10-11H2,1-3H3. The van der Waals surface area contributed by atoms with Crippen LogP contribution in [0, 0.1) is 5.82 Å². The van der Waals surface area contributed by atoms with E-state index in [0.717, 1.165) is 31.5 Å². The lowest BCUT2D eigenvalue weighted by molar-refractivity contribution is 0.275. The Morgan fingerprint density at radius 1 is 1.33 bits per heavy atom. The first kappa shape index (κ1) is 15.0. The molecule has 0 aliphatic heterocycles. The van der Waals surface area contributed by atoms with Crippen LogP contribution in [0.5, 0.6) is 0 Å². The predicted octanol–water partition coefficient (Wildman–Crippen LogP) is 3.72. The van der Waals surface area contributed by atoms with Crippen LogP contribution in [0.3, 0.4) is 0 Å². The minimum atomic E-state index is -0.320. The summed E-state index contributed by atoms with van der Waals surface area (Å²) >= 11 is 0. The molecule has 18 heavy (non-hydrogen) atoms. The van der Waals surface area contributed by atoms with Crippen LogP contribution in [-0.2, 0) is 6.61 Å². The van der Waals surface area contributed by atoms with Crippen molar-refractivity contribution in [1.29, 1.82) is 0 Å². The van der Waals surface area contributed by atoms with Gasteiger partial charge in [0.05, 0.1) is 6.61 Å². The van der Waals surface area contributed by atoms with Crippen molar-refractivity contribution in [2.24, 2.45) is 0 Å². The van der Waals surface area contributed by atoms with Gasteiger partial charge in [-0.15, -0.1) is 0 Å². The van der Waals surface area contributed by atoms with Crippen molar-refractivity contribution in [2.45, 2.75) is 52.7 Å². The fraction of sp³-hybridized carbons (Fsp3) is 0.600. The Bertz CT molecular complexity index is 368. The Labute approximate surface area is 109 Å². The molecule has 0 fully saturated rings. The number of anilines is 1. The summed E-state index contributed by atoms with van der Waals surface area (Å²) < 4.78 is 13.7. The van der Waals surface area contributed by atoms with Crippen LogP contribution < -0.4 is 4.90 Å². The Kier molecular flexibility index (Phi) is 6.13. The number of hydrogen-bond acceptors (Lipinski definition) is 2. The molecule has 1 aromatic carbocycles. The summed E-state index contributed by atoms with van der Waals surface area (Å²) in [6.07, 6.45) is 3.19. The minimum absolute atomic E-state index is 0.249. The van der Waals surface area contributed by atoms with Crippen LogP contribution in [0.1, 0.15) is 45.6 Å². The van der Waals surface area contributed by atoms with Crippen LogP contribution >= 0.6 is 0 Å². The molecule has 0 bridgehead atoms. The van der Waals surface area contributed by atoms with E-state index in [2.05, 4.69) is 25.7 Å². The molecular weight excluding hydrogens is 229 g/mol. The minimum Gasteiger partial charge on any atom is -0.391 e. The molecule has 0 aliphatic rings. The van der Waals surface area contributed by atoms with E-state index >= 15 is 0 Å². The number of aliphatic hydroxyl groups is 1.